The summed E-state index contributed by atoms with van der Waals surface area (Å²) in [6.45, 7) is 4.10. The third-order valence-electron chi connectivity index (χ3n) is 4.57. The summed E-state index contributed by atoms with van der Waals surface area (Å²) in [4.78, 5) is 12.4. The van der Waals surface area contributed by atoms with E-state index in [9.17, 15) is 10.1 Å². The van der Waals surface area contributed by atoms with Crippen LogP contribution in [0.4, 0.5) is 5.69 Å². The molecular weight excluding hydrogens is 551 g/mol. The predicted octanol–water partition coefficient (Wildman–Crippen LogP) is 6.73. The van der Waals surface area contributed by atoms with Crippen molar-refractivity contribution in [1.29, 1.82) is 5.26 Å². The second-order valence-corrected chi connectivity index (χ2v) is 8.74. The highest BCUT2D eigenvalue weighted by atomic mass is 127. The number of benzene rings is 3. The fourth-order valence-corrected chi connectivity index (χ4v) is 4.02. The molecule has 1 N–H and O–H groups in total. The van der Waals surface area contributed by atoms with Gasteiger partial charge in [0.2, 0.25) is 0 Å². The van der Waals surface area contributed by atoms with Crippen molar-refractivity contribution < 1.29 is 14.3 Å². The van der Waals surface area contributed by atoms with Crippen LogP contribution in [0.3, 0.4) is 0 Å². The van der Waals surface area contributed by atoms with Crippen LogP contribution in [-0.4, -0.2) is 19.1 Å². The fourth-order valence-electron chi connectivity index (χ4n) is 3.11. The van der Waals surface area contributed by atoms with E-state index in [1.807, 2.05) is 44.2 Å². The highest BCUT2D eigenvalue weighted by Crippen LogP contribution is 2.35. The lowest BCUT2D eigenvalue weighted by Crippen LogP contribution is -2.20. The minimum absolute atomic E-state index is 0.159. The van der Waals surface area contributed by atoms with Crippen molar-refractivity contribution in [3.05, 3.63) is 85.9 Å². The van der Waals surface area contributed by atoms with Gasteiger partial charge in [0.05, 0.1) is 21.8 Å². The maximum atomic E-state index is 12.4. The summed E-state index contributed by atoms with van der Waals surface area (Å²) in [7, 11) is 0. The first-order chi connectivity index (χ1) is 15.9. The lowest BCUT2D eigenvalue weighted by atomic mass is 10.0. The van der Waals surface area contributed by atoms with Crippen LogP contribution in [-0.2, 0) is 4.79 Å². The highest BCUT2D eigenvalue weighted by molar-refractivity contribution is 14.1. The standard InChI is InChI=1S/C26H22ClIN2O3/c1-3-32-24-14-18(12-20(15-29)19-7-9-21(27)10-8-19)13-23(28)26(24)33-16-25(31)30-22-6-4-5-17(2)11-22/h4-14H,3,16H2,1-2H3,(H,30,31)/b20-12+. The van der Waals surface area contributed by atoms with Gasteiger partial charge in [0.15, 0.2) is 18.1 Å². The van der Waals surface area contributed by atoms with Crippen molar-refractivity contribution in [3.63, 3.8) is 0 Å². The van der Waals surface area contributed by atoms with E-state index in [-0.39, 0.29) is 12.5 Å². The summed E-state index contributed by atoms with van der Waals surface area (Å²) in [6, 6.07) is 20.6. The van der Waals surface area contributed by atoms with Crippen LogP contribution in [0.1, 0.15) is 23.6 Å². The van der Waals surface area contributed by atoms with E-state index < -0.39 is 0 Å². The molecule has 0 unspecified atom stereocenters. The first kappa shape index (κ1) is 24.6. The number of hydrogen-bond donors (Lipinski definition) is 1. The zero-order valence-corrected chi connectivity index (χ0v) is 21.1. The number of halogens is 2. The lowest BCUT2D eigenvalue weighted by Gasteiger charge is -2.15. The van der Waals surface area contributed by atoms with Gasteiger partial charge in [-0.3, -0.25) is 4.79 Å². The molecule has 0 fully saturated rings. The van der Waals surface area contributed by atoms with Gasteiger partial charge in [-0.05, 0) is 95.6 Å². The molecule has 33 heavy (non-hydrogen) atoms. The van der Waals surface area contributed by atoms with E-state index in [0.29, 0.717) is 28.7 Å². The number of carbonyl (C=O) groups is 1. The molecule has 5 nitrogen and oxygen atoms in total. The van der Waals surface area contributed by atoms with Crippen molar-refractivity contribution in [2.45, 2.75) is 13.8 Å². The number of hydrogen-bond acceptors (Lipinski definition) is 4. The minimum atomic E-state index is -0.266. The van der Waals surface area contributed by atoms with Gasteiger partial charge >= 0.3 is 0 Å². The monoisotopic (exact) mass is 572 g/mol. The summed E-state index contributed by atoms with van der Waals surface area (Å²) in [5.74, 6) is 0.726. The van der Waals surface area contributed by atoms with Crippen LogP contribution < -0.4 is 14.8 Å². The smallest absolute Gasteiger partial charge is 0.262 e. The summed E-state index contributed by atoms with van der Waals surface area (Å²) >= 11 is 8.09. The molecular formula is C26H22ClIN2O3. The van der Waals surface area contributed by atoms with E-state index >= 15 is 0 Å². The van der Waals surface area contributed by atoms with Crippen molar-refractivity contribution in [3.8, 4) is 17.6 Å². The zero-order chi connectivity index (χ0) is 23.8. The quantitative estimate of drug-likeness (QED) is 0.185. The molecule has 0 spiro atoms. The van der Waals surface area contributed by atoms with E-state index in [1.54, 1.807) is 36.4 Å². The molecule has 0 aliphatic carbocycles. The van der Waals surface area contributed by atoms with Crippen molar-refractivity contribution >= 4 is 57.4 Å². The molecule has 0 aliphatic rings. The Balaban J connectivity index is 1.81. The first-order valence-electron chi connectivity index (χ1n) is 10.2. The Bertz CT molecular complexity index is 1220. The van der Waals surface area contributed by atoms with E-state index in [0.717, 1.165) is 25.9 Å². The molecule has 0 aromatic heterocycles. The molecule has 0 atom stereocenters. The topological polar surface area (TPSA) is 71.3 Å². The SMILES string of the molecule is CCOc1cc(/C=C(\C#N)c2ccc(Cl)cc2)cc(I)c1OCC(=O)Nc1cccc(C)c1. The van der Waals surface area contributed by atoms with Crippen LogP contribution in [0.15, 0.2) is 60.7 Å². The number of nitrogens with one attached hydrogen (secondary N) is 1. The maximum absolute atomic E-state index is 12.4. The second kappa shape index (κ2) is 11.7. The summed E-state index contributed by atoms with van der Waals surface area (Å²) in [6.07, 6.45) is 1.78. The molecule has 3 rings (SSSR count). The molecule has 0 heterocycles. The lowest BCUT2D eigenvalue weighted by molar-refractivity contribution is -0.118. The van der Waals surface area contributed by atoms with Gasteiger partial charge in [0.25, 0.3) is 5.91 Å². The van der Waals surface area contributed by atoms with E-state index in [1.165, 1.54) is 0 Å². The summed E-state index contributed by atoms with van der Waals surface area (Å²) in [5, 5.41) is 13.1. The number of rotatable bonds is 8. The van der Waals surface area contributed by atoms with Crippen molar-refractivity contribution in [1.82, 2.24) is 0 Å². The van der Waals surface area contributed by atoms with E-state index in [4.69, 9.17) is 21.1 Å². The Kier molecular flexibility index (Phi) is 8.75. The fraction of sp³-hybridized carbons (Fsp3) is 0.154. The molecule has 3 aromatic rings. The number of amides is 1. The number of allylic oxidation sites excluding steroid dienone is 1. The van der Waals surface area contributed by atoms with Crippen molar-refractivity contribution in [2.75, 3.05) is 18.5 Å². The largest absolute Gasteiger partial charge is 0.490 e. The number of nitriles is 1. The van der Waals surface area contributed by atoms with Gasteiger partial charge in [0.1, 0.15) is 0 Å². The predicted molar refractivity (Wildman–Crippen MR) is 141 cm³/mol. The molecule has 168 valence electrons. The number of anilines is 1. The van der Waals surface area contributed by atoms with Crippen molar-refractivity contribution in [2.24, 2.45) is 0 Å². The Hall–Kier alpha value is -3.02. The minimum Gasteiger partial charge on any atom is -0.490 e. The van der Waals surface area contributed by atoms with Gasteiger partial charge in [-0.1, -0.05) is 35.9 Å². The second-order valence-electron chi connectivity index (χ2n) is 7.15. The molecule has 7 heteroatoms. The van der Waals surface area contributed by atoms with Gasteiger partial charge < -0.3 is 14.8 Å². The van der Waals surface area contributed by atoms with Crippen LogP contribution in [0.2, 0.25) is 5.02 Å². The highest BCUT2D eigenvalue weighted by Gasteiger charge is 2.14. The van der Waals surface area contributed by atoms with Crippen LogP contribution >= 0.6 is 34.2 Å². The average molecular weight is 573 g/mol. The van der Waals surface area contributed by atoms with Crippen LogP contribution in [0, 0.1) is 21.8 Å². The first-order valence-corrected chi connectivity index (χ1v) is 11.7. The molecule has 0 saturated heterocycles. The van der Waals surface area contributed by atoms with E-state index in [2.05, 4.69) is 34.0 Å². The Morgan fingerprint density at radius 1 is 1.15 bits per heavy atom. The number of carbonyl (C=O) groups excluding carboxylic acids is 1. The van der Waals surface area contributed by atoms with Crippen LogP contribution in [0.5, 0.6) is 11.5 Å². The summed E-state index contributed by atoms with van der Waals surface area (Å²) < 4.78 is 12.4. The molecule has 1 amide bonds. The van der Waals surface area contributed by atoms with Gasteiger partial charge in [-0.25, -0.2) is 0 Å². The average Bonchev–Trinajstić information content (AvgIpc) is 2.78. The maximum Gasteiger partial charge on any atom is 0.262 e. The van der Waals surface area contributed by atoms with Gasteiger partial charge in [0, 0.05) is 10.7 Å². The molecule has 0 aliphatic heterocycles. The number of nitrogens with zero attached hydrogens (tertiary/aromatic N) is 1. The molecule has 0 bridgehead atoms. The molecule has 3 aromatic carbocycles. The third-order valence-corrected chi connectivity index (χ3v) is 5.62. The molecule has 0 saturated carbocycles. The Labute approximate surface area is 212 Å². The van der Waals surface area contributed by atoms with Gasteiger partial charge in [-0.15, -0.1) is 0 Å². The number of aryl methyl sites for hydroxylation is 1. The molecule has 0 radical (unpaired) electrons. The Morgan fingerprint density at radius 2 is 1.91 bits per heavy atom. The Morgan fingerprint density at radius 3 is 2.58 bits per heavy atom. The zero-order valence-electron chi connectivity index (χ0n) is 18.2. The number of ether oxygens (including phenoxy) is 2. The van der Waals surface area contributed by atoms with Crippen LogP contribution in [0.25, 0.3) is 11.6 Å². The summed E-state index contributed by atoms with van der Waals surface area (Å²) in [5.41, 5.74) is 3.82. The normalized spacial score (nSPS) is 10.9. The third kappa shape index (κ3) is 6.98. The van der Waals surface area contributed by atoms with Gasteiger partial charge in [-0.2, -0.15) is 5.26 Å².